The van der Waals surface area contributed by atoms with Gasteiger partial charge in [-0.2, -0.15) is 0 Å². The number of hydrogen-bond donors (Lipinski definition) is 0. The van der Waals surface area contributed by atoms with E-state index in [4.69, 9.17) is 4.74 Å². The number of aryl methyl sites for hydroxylation is 1. The van der Waals surface area contributed by atoms with Gasteiger partial charge in [-0.15, -0.1) is 0 Å². The minimum Gasteiger partial charge on any atom is -0.379 e. The van der Waals surface area contributed by atoms with Crippen LogP contribution in [0.1, 0.15) is 10.5 Å². The number of morpholine rings is 1. The highest BCUT2D eigenvalue weighted by atomic mass is 79.9. The molecule has 1 aromatic carbocycles. The number of rotatable bonds is 3. The van der Waals surface area contributed by atoms with Gasteiger partial charge in [-0.25, -0.2) is 0 Å². The molecule has 0 bridgehead atoms. The van der Waals surface area contributed by atoms with Crippen LogP contribution in [0.15, 0.2) is 28.7 Å². The zero-order valence-electron chi connectivity index (χ0n) is 16.1. The summed E-state index contributed by atoms with van der Waals surface area (Å²) in [5, 5.41) is 1.03. The van der Waals surface area contributed by atoms with Gasteiger partial charge in [0.05, 0.1) is 24.2 Å². The Morgan fingerprint density at radius 1 is 1.00 bits per heavy atom. The van der Waals surface area contributed by atoms with Gasteiger partial charge in [0.15, 0.2) is 0 Å². The van der Waals surface area contributed by atoms with Crippen molar-refractivity contribution < 1.29 is 14.3 Å². The average molecular weight is 449 g/mol. The minimum atomic E-state index is 0.00542. The van der Waals surface area contributed by atoms with E-state index in [1.54, 1.807) is 0 Å². The van der Waals surface area contributed by atoms with Crippen molar-refractivity contribution in [3.8, 4) is 0 Å². The lowest BCUT2D eigenvalue weighted by Gasteiger charge is -2.36. The molecule has 0 aliphatic carbocycles. The van der Waals surface area contributed by atoms with Gasteiger partial charge in [-0.05, 0) is 22.0 Å². The number of hydrogen-bond acceptors (Lipinski definition) is 4. The third kappa shape index (κ3) is 3.68. The summed E-state index contributed by atoms with van der Waals surface area (Å²) in [4.78, 5) is 31.6. The Morgan fingerprint density at radius 3 is 2.32 bits per heavy atom. The molecule has 0 saturated carbocycles. The van der Waals surface area contributed by atoms with Gasteiger partial charge in [0.25, 0.3) is 5.91 Å². The lowest BCUT2D eigenvalue weighted by Crippen LogP contribution is -2.53. The SMILES string of the molecule is Cn1c(C(=O)N2CCN(C(=O)CN3CCOCC3)CC2)c(Br)c2ccccc21. The van der Waals surface area contributed by atoms with Gasteiger partial charge in [-0.1, -0.05) is 18.2 Å². The molecular weight excluding hydrogens is 424 g/mol. The summed E-state index contributed by atoms with van der Waals surface area (Å²) in [7, 11) is 1.92. The fourth-order valence-corrected chi connectivity index (χ4v) is 4.71. The smallest absolute Gasteiger partial charge is 0.271 e. The Bertz CT molecular complexity index is 844. The standard InChI is InChI=1S/C20H25BrN4O3/c1-22-16-5-3-2-4-15(16)18(21)19(22)20(27)25-8-6-24(7-9-25)17(26)14-23-10-12-28-13-11-23/h2-5H,6-14H2,1H3. The van der Waals surface area contributed by atoms with Crippen molar-refractivity contribution in [1.29, 1.82) is 0 Å². The first-order valence-electron chi connectivity index (χ1n) is 9.66. The van der Waals surface area contributed by atoms with E-state index in [9.17, 15) is 9.59 Å². The van der Waals surface area contributed by atoms with Crippen LogP contribution in [-0.2, 0) is 16.6 Å². The highest BCUT2D eigenvalue weighted by Gasteiger charge is 2.29. The molecule has 0 radical (unpaired) electrons. The Hall–Kier alpha value is -1.90. The van der Waals surface area contributed by atoms with Gasteiger partial charge < -0.3 is 19.1 Å². The second-order valence-electron chi connectivity index (χ2n) is 7.30. The molecule has 2 aromatic rings. The van der Waals surface area contributed by atoms with Crippen molar-refractivity contribution in [2.45, 2.75) is 0 Å². The summed E-state index contributed by atoms with van der Waals surface area (Å²) in [6, 6.07) is 7.97. The zero-order valence-corrected chi connectivity index (χ0v) is 17.7. The van der Waals surface area contributed by atoms with Crippen LogP contribution >= 0.6 is 15.9 Å². The first-order valence-corrected chi connectivity index (χ1v) is 10.5. The van der Waals surface area contributed by atoms with E-state index in [1.807, 2.05) is 45.7 Å². The molecule has 7 nitrogen and oxygen atoms in total. The number of fused-ring (bicyclic) bond motifs is 1. The Labute approximate surface area is 172 Å². The maximum absolute atomic E-state index is 13.2. The summed E-state index contributed by atoms with van der Waals surface area (Å²) in [5.41, 5.74) is 1.69. The van der Waals surface area contributed by atoms with Gasteiger partial charge in [-0.3, -0.25) is 14.5 Å². The molecule has 8 heteroatoms. The van der Waals surface area contributed by atoms with Crippen LogP contribution in [-0.4, -0.2) is 90.1 Å². The van der Waals surface area contributed by atoms with Crippen molar-refractivity contribution in [2.24, 2.45) is 7.05 Å². The molecule has 1 aromatic heterocycles. The largest absolute Gasteiger partial charge is 0.379 e. The molecule has 28 heavy (non-hydrogen) atoms. The molecule has 2 aliphatic rings. The number of carbonyl (C=O) groups excluding carboxylic acids is 2. The quantitative estimate of drug-likeness (QED) is 0.714. The molecule has 150 valence electrons. The number of para-hydroxylation sites is 1. The molecular formula is C20H25BrN4O3. The zero-order chi connectivity index (χ0) is 19.7. The van der Waals surface area contributed by atoms with Gasteiger partial charge >= 0.3 is 0 Å². The molecule has 2 fully saturated rings. The van der Waals surface area contributed by atoms with Gasteiger partial charge in [0.1, 0.15) is 5.69 Å². The molecule has 0 N–H and O–H groups in total. The van der Waals surface area contributed by atoms with Crippen LogP contribution < -0.4 is 0 Å². The van der Waals surface area contributed by atoms with Crippen LogP contribution in [0.3, 0.4) is 0 Å². The highest BCUT2D eigenvalue weighted by Crippen LogP contribution is 2.31. The molecule has 0 spiro atoms. The monoisotopic (exact) mass is 448 g/mol. The number of halogens is 1. The Balaban J connectivity index is 1.40. The summed E-state index contributed by atoms with van der Waals surface area (Å²) in [5.74, 6) is 0.144. The first kappa shape index (κ1) is 19.4. The number of piperazine rings is 1. The second-order valence-corrected chi connectivity index (χ2v) is 8.09. The fraction of sp³-hybridized carbons (Fsp3) is 0.500. The van der Waals surface area contributed by atoms with E-state index in [-0.39, 0.29) is 11.8 Å². The number of nitrogens with zero attached hydrogens (tertiary/aromatic N) is 4. The third-order valence-corrected chi connectivity index (χ3v) is 6.43. The summed E-state index contributed by atoms with van der Waals surface area (Å²) < 4.78 is 8.11. The number of aromatic nitrogens is 1. The molecule has 4 rings (SSSR count). The van der Waals surface area contributed by atoms with Crippen LogP contribution in [0.2, 0.25) is 0 Å². The van der Waals surface area contributed by atoms with Crippen LogP contribution in [0.25, 0.3) is 10.9 Å². The highest BCUT2D eigenvalue weighted by molar-refractivity contribution is 9.10. The minimum absolute atomic E-state index is 0.00542. The second kappa shape index (κ2) is 8.23. The lowest BCUT2D eigenvalue weighted by molar-refractivity contribution is -0.134. The van der Waals surface area contributed by atoms with Crippen molar-refractivity contribution in [2.75, 3.05) is 59.0 Å². The van der Waals surface area contributed by atoms with Crippen molar-refractivity contribution in [3.05, 3.63) is 34.4 Å². The predicted octanol–water partition coefficient (Wildman–Crippen LogP) is 1.56. The van der Waals surface area contributed by atoms with Gasteiger partial charge in [0.2, 0.25) is 5.91 Å². The summed E-state index contributed by atoms with van der Waals surface area (Å²) in [6.07, 6.45) is 0. The molecule has 2 amide bonds. The van der Waals surface area contributed by atoms with E-state index < -0.39 is 0 Å². The van der Waals surface area contributed by atoms with E-state index in [0.29, 0.717) is 51.6 Å². The summed E-state index contributed by atoms with van der Waals surface area (Å²) >= 11 is 3.61. The number of ether oxygens (including phenoxy) is 1. The Kier molecular flexibility index (Phi) is 5.70. The molecule has 3 heterocycles. The van der Waals surface area contributed by atoms with Crippen molar-refractivity contribution in [1.82, 2.24) is 19.3 Å². The van der Waals surface area contributed by atoms with E-state index >= 15 is 0 Å². The number of benzene rings is 1. The van der Waals surface area contributed by atoms with Gasteiger partial charge in [0, 0.05) is 57.2 Å². The van der Waals surface area contributed by atoms with Crippen LogP contribution in [0.4, 0.5) is 0 Å². The third-order valence-electron chi connectivity index (χ3n) is 5.63. The summed E-state index contributed by atoms with van der Waals surface area (Å²) in [6.45, 7) is 5.70. The molecule has 0 unspecified atom stereocenters. The average Bonchev–Trinajstić information content (AvgIpc) is 2.99. The number of amides is 2. The maximum Gasteiger partial charge on any atom is 0.271 e. The maximum atomic E-state index is 13.2. The number of carbonyl (C=O) groups is 2. The van der Waals surface area contributed by atoms with E-state index in [1.165, 1.54) is 0 Å². The predicted molar refractivity (Wildman–Crippen MR) is 110 cm³/mol. The molecule has 2 aliphatic heterocycles. The van der Waals surface area contributed by atoms with Crippen molar-refractivity contribution in [3.63, 3.8) is 0 Å². The normalized spacial score (nSPS) is 18.6. The van der Waals surface area contributed by atoms with Crippen molar-refractivity contribution >= 4 is 38.6 Å². The molecule has 2 saturated heterocycles. The van der Waals surface area contributed by atoms with Crippen LogP contribution in [0, 0.1) is 0 Å². The fourth-order valence-electron chi connectivity index (χ4n) is 3.94. The molecule has 0 atom stereocenters. The van der Waals surface area contributed by atoms with E-state index in [2.05, 4.69) is 20.8 Å². The first-order chi connectivity index (χ1) is 13.6. The topological polar surface area (TPSA) is 58.0 Å². The lowest BCUT2D eigenvalue weighted by atomic mass is 10.2. The van der Waals surface area contributed by atoms with E-state index in [0.717, 1.165) is 28.5 Å². The Morgan fingerprint density at radius 2 is 1.64 bits per heavy atom. The van der Waals surface area contributed by atoms with Crippen LogP contribution in [0.5, 0.6) is 0 Å².